The Morgan fingerprint density at radius 1 is 0.597 bits per heavy atom. The number of fused-ring (bicyclic) bond motifs is 15. The van der Waals surface area contributed by atoms with Gasteiger partial charge in [0.1, 0.15) is 22.3 Å². The molecule has 1 radical (unpaired) electrons. The van der Waals surface area contributed by atoms with E-state index < -0.39 is 0 Å². The number of anilines is 2. The van der Waals surface area contributed by atoms with Gasteiger partial charge in [0.25, 0.3) is 0 Å². The molecule has 6 heteroatoms. The maximum atomic E-state index is 7.03. The fourth-order valence-electron chi connectivity index (χ4n) is 11.9. The van der Waals surface area contributed by atoms with Crippen LogP contribution in [0.1, 0.15) is 83.6 Å². The lowest BCUT2D eigenvalue weighted by atomic mass is 9.58. The van der Waals surface area contributed by atoms with Gasteiger partial charge < -0.3 is 18.7 Å². The molecule has 4 nitrogen and oxygen atoms in total. The average molecular weight is 886 g/mol. The number of rotatable bonds is 3. The van der Waals surface area contributed by atoms with Crippen molar-refractivity contribution in [1.82, 2.24) is 4.57 Å². The number of nitrogens with zero attached hydrogens (tertiary/aromatic N) is 1. The minimum absolute atomic E-state index is 0.0526. The van der Waals surface area contributed by atoms with E-state index in [1.54, 1.807) is 0 Å². The second kappa shape index (κ2) is 13.2. The Morgan fingerprint density at radius 3 is 2.06 bits per heavy atom. The first kappa shape index (κ1) is 39.4. The second-order valence-corrected chi connectivity index (χ2v) is 23.0. The molecule has 0 spiro atoms. The van der Waals surface area contributed by atoms with E-state index in [-0.39, 0.29) is 16.2 Å². The topological polar surface area (TPSA) is 43.2 Å². The summed E-state index contributed by atoms with van der Waals surface area (Å²) < 4.78 is 18.8. The summed E-state index contributed by atoms with van der Waals surface area (Å²) in [5.41, 5.74) is 19.7. The van der Waals surface area contributed by atoms with Crippen LogP contribution in [0.2, 0.25) is 0 Å². The average Bonchev–Trinajstić information content (AvgIpc) is 4.05. The number of para-hydroxylation sites is 1. The van der Waals surface area contributed by atoms with Gasteiger partial charge in [-0.15, -0.1) is 11.3 Å². The van der Waals surface area contributed by atoms with Crippen molar-refractivity contribution in [3.05, 3.63) is 150 Å². The maximum Gasteiger partial charge on any atom is 0.197 e. The Morgan fingerprint density at radius 2 is 1.27 bits per heavy atom. The summed E-state index contributed by atoms with van der Waals surface area (Å²) >= 11 is 1.88. The molecule has 0 amide bonds. The van der Waals surface area contributed by atoms with E-state index in [2.05, 4.69) is 200 Å². The van der Waals surface area contributed by atoms with Gasteiger partial charge in [-0.25, -0.2) is 0 Å². The van der Waals surface area contributed by atoms with Crippen LogP contribution in [0.15, 0.2) is 136 Å². The molecule has 5 heterocycles. The van der Waals surface area contributed by atoms with E-state index in [0.717, 1.165) is 68.3 Å². The van der Waals surface area contributed by atoms with Gasteiger partial charge >= 0.3 is 0 Å². The van der Waals surface area contributed by atoms with Crippen LogP contribution in [-0.4, -0.2) is 11.8 Å². The van der Waals surface area contributed by atoms with Gasteiger partial charge in [0.2, 0.25) is 0 Å². The molecule has 12 aromatic rings. The molecule has 1 N–H and O–H groups in total. The molecule has 8 aromatic carbocycles. The molecule has 0 bridgehead atoms. The zero-order chi connectivity index (χ0) is 45.5. The summed E-state index contributed by atoms with van der Waals surface area (Å²) in [6.45, 7) is 18.7. The molecule has 0 fully saturated rings. The highest BCUT2D eigenvalue weighted by molar-refractivity contribution is 7.26. The van der Waals surface area contributed by atoms with Crippen molar-refractivity contribution >= 4 is 127 Å². The lowest BCUT2D eigenvalue weighted by Gasteiger charge is -2.41. The van der Waals surface area contributed by atoms with Gasteiger partial charge in [0.05, 0.1) is 5.52 Å². The van der Waals surface area contributed by atoms with Gasteiger partial charge in [0, 0.05) is 80.6 Å². The highest BCUT2D eigenvalue weighted by atomic mass is 32.1. The Hall–Kier alpha value is -6.76. The first-order valence-corrected chi connectivity index (χ1v) is 24.7. The summed E-state index contributed by atoms with van der Waals surface area (Å²) in [7, 11) is 2.46. The zero-order valence-electron chi connectivity index (χ0n) is 39.3. The zero-order valence-corrected chi connectivity index (χ0v) is 40.1. The van der Waals surface area contributed by atoms with Crippen molar-refractivity contribution in [2.24, 2.45) is 0 Å². The molecule has 1 aliphatic carbocycles. The minimum atomic E-state index is 0.0526. The number of furan rings is 2. The van der Waals surface area contributed by atoms with Crippen molar-refractivity contribution in [3.63, 3.8) is 0 Å². The van der Waals surface area contributed by atoms with Crippen LogP contribution in [0.4, 0.5) is 11.4 Å². The summed E-state index contributed by atoms with van der Waals surface area (Å²) in [6.07, 6.45) is 2.32. The van der Waals surface area contributed by atoms with Crippen LogP contribution in [0, 0.1) is 6.92 Å². The van der Waals surface area contributed by atoms with E-state index in [1.807, 2.05) is 11.3 Å². The fourth-order valence-corrected chi connectivity index (χ4v) is 13.1. The number of thiophene rings is 1. The summed E-state index contributed by atoms with van der Waals surface area (Å²) in [4.78, 5) is 0. The lowest BCUT2D eigenvalue weighted by Crippen LogP contribution is -2.37. The van der Waals surface area contributed by atoms with Gasteiger partial charge in [-0.3, -0.25) is 0 Å². The Kier molecular flexibility index (Phi) is 7.78. The SMILES string of the molecule is Cc1cc(-c2cc3oc4cc5c(cc4c3cc2Nc2ccc(C(C)(C)C)cc2)C(C)(C)CCC5(C)C)c2c3c1c1cc4oc5ccccc5c4cc1n3-c1cc3c(cc1[B]2)sc1ccccc13. The molecular weight excluding hydrogens is 836 g/mol. The lowest BCUT2D eigenvalue weighted by molar-refractivity contribution is 0.332. The summed E-state index contributed by atoms with van der Waals surface area (Å²) in [6, 6.07) is 47.7. The first-order chi connectivity index (χ1) is 32.2. The molecule has 4 aromatic heterocycles. The molecule has 325 valence electrons. The molecule has 0 atom stereocenters. The third kappa shape index (κ3) is 5.60. The van der Waals surface area contributed by atoms with E-state index in [9.17, 15) is 0 Å². The van der Waals surface area contributed by atoms with E-state index in [1.165, 1.54) is 91.8 Å². The van der Waals surface area contributed by atoms with E-state index >= 15 is 0 Å². The van der Waals surface area contributed by atoms with E-state index in [0.29, 0.717) is 0 Å². The predicted molar refractivity (Wildman–Crippen MR) is 287 cm³/mol. The summed E-state index contributed by atoms with van der Waals surface area (Å²) in [5.74, 6) is 0. The summed E-state index contributed by atoms with van der Waals surface area (Å²) in [5, 5.41) is 13.6. The van der Waals surface area contributed by atoms with Gasteiger partial charge in [-0.05, 0) is 142 Å². The van der Waals surface area contributed by atoms with E-state index in [4.69, 9.17) is 8.83 Å². The van der Waals surface area contributed by atoms with Crippen molar-refractivity contribution in [1.29, 1.82) is 0 Å². The molecule has 1 aliphatic heterocycles. The Bertz CT molecular complexity index is 4150. The van der Waals surface area contributed by atoms with Crippen LogP contribution < -0.4 is 16.2 Å². The normalized spacial score (nSPS) is 15.4. The fraction of sp³-hybridized carbons (Fsp3) is 0.213. The number of benzene rings is 8. The number of hydrogen-bond acceptors (Lipinski definition) is 4. The van der Waals surface area contributed by atoms with Crippen molar-refractivity contribution < 1.29 is 8.83 Å². The predicted octanol–water partition coefficient (Wildman–Crippen LogP) is 16.3. The smallest absolute Gasteiger partial charge is 0.197 e. The molecule has 2 aliphatic rings. The highest BCUT2D eigenvalue weighted by Gasteiger charge is 2.38. The number of hydrogen-bond donors (Lipinski definition) is 1. The molecule has 0 saturated carbocycles. The maximum absolute atomic E-state index is 7.03. The van der Waals surface area contributed by atoms with Crippen LogP contribution in [0.25, 0.3) is 103 Å². The first-order valence-electron chi connectivity index (χ1n) is 23.9. The third-order valence-corrected chi connectivity index (χ3v) is 16.9. The van der Waals surface area contributed by atoms with Crippen molar-refractivity contribution in [2.75, 3.05) is 5.32 Å². The van der Waals surface area contributed by atoms with Gasteiger partial charge in [-0.1, -0.05) is 109 Å². The van der Waals surface area contributed by atoms with Gasteiger partial charge in [0.15, 0.2) is 7.28 Å². The third-order valence-electron chi connectivity index (χ3n) is 15.7. The molecule has 67 heavy (non-hydrogen) atoms. The number of aromatic nitrogens is 1. The van der Waals surface area contributed by atoms with Gasteiger partial charge in [-0.2, -0.15) is 0 Å². The quantitative estimate of drug-likeness (QED) is 0.180. The molecule has 14 rings (SSSR count). The standard InChI is InChI=1S/C61H50BN2O2S/c1-32-23-42(37-28-51-39(25-47(37)63-34-19-17-33(18-20-34)59(2,3)4)38-24-44-45(30-53(38)66-51)61(7,8)22-21-60(44,5)6)57-58-56(32)43-29-52-40(35-13-9-11-15-50(35)65-52)26-48(43)64(58)49-27-41-36-14-10-12-16-54(36)67-55(41)31-46(49)62-57/h9-20,23-31,63H,21-22H2,1-8H3. The monoisotopic (exact) mass is 885 g/mol. The Balaban J connectivity index is 1.07. The molecular formula is C61H50BN2O2S. The molecule has 0 saturated heterocycles. The van der Waals surface area contributed by atoms with Crippen LogP contribution in [0.3, 0.4) is 0 Å². The van der Waals surface area contributed by atoms with Crippen LogP contribution in [0.5, 0.6) is 0 Å². The van der Waals surface area contributed by atoms with Crippen LogP contribution in [-0.2, 0) is 16.2 Å². The second-order valence-electron chi connectivity index (χ2n) is 21.9. The highest BCUT2D eigenvalue weighted by Crippen LogP contribution is 2.50. The minimum Gasteiger partial charge on any atom is -0.456 e. The van der Waals surface area contributed by atoms with Crippen molar-refractivity contribution in [3.8, 4) is 16.8 Å². The van der Waals surface area contributed by atoms with Crippen LogP contribution >= 0.6 is 11.3 Å². The van der Waals surface area contributed by atoms with Crippen molar-refractivity contribution in [2.45, 2.75) is 84.5 Å². The Labute approximate surface area is 394 Å². The largest absolute Gasteiger partial charge is 0.456 e. The number of nitrogens with one attached hydrogen (secondary N) is 1. The number of aryl methyl sites for hydroxylation is 1. The molecule has 0 unspecified atom stereocenters.